The maximum Gasteiger partial charge on any atom is 0.273 e. The molecule has 0 saturated carbocycles. The van der Waals surface area contributed by atoms with Gasteiger partial charge in [0.05, 0.1) is 11.1 Å². The summed E-state index contributed by atoms with van der Waals surface area (Å²) in [5.74, 6) is -0.385. The maximum absolute atomic E-state index is 13.5. The van der Waals surface area contributed by atoms with E-state index >= 15 is 0 Å². The van der Waals surface area contributed by atoms with Crippen LogP contribution in [-0.4, -0.2) is 69.8 Å². The quantitative estimate of drug-likeness (QED) is 0.386. The van der Waals surface area contributed by atoms with Crippen LogP contribution in [0.15, 0.2) is 72.0 Å². The van der Waals surface area contributed by atoms with Crippen molar-refractivity contribution in [3.05, 3.63) is 89.4 Å². The maximum atomic E-state index is 13.5. The van der Waals surface area contributed by atoms with Crippen molar-refractivity contribution in [2.75, 3.05) is 32.4 Å². The Morgan fingerprint density at radius 2 is 1.42 bits per heavy atom. The number of hydrogen-bond acceptors (Lipinski definition) is 6. The van der Waals surface area contributed by atoms with Crippen molar-refractivity contribution in [3.8, 4) is 0 Å². The summed E-state index contributed by atoms with van der Waals surface area (Å²) in [6.07, 6.45) is 7.77. The largest absolute Gasteiger partial charge is 0.339 e. The standard InChI is InChI=1S/C28H28N4O3S/c1-36-25-22(10-6-15-30-25)26(34)31-16-11-28(12-17-31)13-18-32(19-28)27(35)23-21(9-5-14-29-23)24(33)20-7-3-2-4-8-20/h2-10,14-15H,11-13,16-19H2,1H3. The summed E-state index contributed by atoms with van der Waals surface area (Å²) in [6.45, 7) is 2.56. The molecular formula is C28H28N4O3S. The molecule has 2 aliphatic heterocycles. The fourth-order valence-electron chi connectivity index (χ4n) is 5.24. The van der Waals surface area contributed by atoms with Crippen molar-refractivity contribution < 1.29 is 14.4 Å². The summed E-state index contributed by atoms with van der Waals surface area (Å²) < 4.78 is 0. The monoisotopic (exact) mass is 500 g/mol. The first-order valence-electron chi connectivity index (χ1n) is 12.1. The fraction of sp³-hybridized carbons (Fsp3) is 0.321. The lowest BCUT2D eigenvalue weighted by Gasteiger charge is -2.39. The molecule has 0 radical (unpaired) electrons. The number of ketones is 1. The molecule has 7 nitrogen and oxygen atoms in total. The topological polar surface area (TPSA) is 83.5 Å². The normalized spacial score (nSPS) is 16.8. The predicted molar refractivity (Wildman–Crippen MR) is 138 cm³/mol. The van der Waals surface area contributed by atoms with Gasteiger partial charge in [0.2, 0.25) is 0 Å². The number of amides is 2. The summed E-state index contributed by atoms with van der Waals surface area (Å²) in [4.78, 5) is 52.1. The van der Waals surface area contributed by atoms with Gasteiger partial charge in [-0.2, -0.15) is 0 Å². The van der Waals surface area contributed by atoms with Crippen LogP contribution >= 0.6 is 11.8 Å². The highest BCUT2D eigenvalue weighted by atomic mass is 32.2. The van der Waals surface area contributed by atoms with Gasteiger partial charge >= 0.3 is 0 Å². The Balaban J connectivity index is 1.27. The van der Waals surface area contributed by atoms with Crippen LogP contribution in [0.1, 0.15) is 56.0 Å². The first kappa shape index (κ1) is 24.2. The number of piperidine rings is 1. The molecule has 8 heteroatoms. The summed E-state index contributed by atoms with van der Waals surface area (Å²) >= 11 is 1.48. The molecule has 3 aromatic rings. The van der Waals surface area contributed by atoms with E-state index in [4.69, 9.17) is 0 Å². The molecule has 2 aliphatic rings. The van der Waals surface area contributed by atoms with Crippen LogP contribution in [0, 0.1) is 5.41 Å². The lowest BCUT2D eigenvalue weighted by atomic mass is 9.77. The molecule has 2 saturated heterocycles. The third kappa shape index (κ3) is 4.65. The van der Waals surface area contributed by atoms with Gasteiger partial charge in [0.25, 0.3) is 11.8 Å². The summed E-state index contributed by atoms with van der Waals surface area (Å²) in [6, 6.07) is 16.0. The van der Waals surface area contributed by atoms with Crippen LogP contribution in [0.5, 0.6) is 0 Å². The first-order valence-corrected chi connectivity index (χ1v) is 13.4. The predicted octanol–water partition coefficient (Wildman–Crippen LogP) is 4.20. The second-order valence-electron chi connectivity index (χ2n) is 9.42. The molecular weight excluding hydrogens is 472 g/mol. The van der Waals surface area contributed by atoms with Crippen molar-refractivity contribution >= 4 is 29.4 Å². The van der Waals surface area contributed by atoms with Crippen molar-refractivity contribution in [1.29, 1.82) is 0 Å². The van der Waals surface area contributed by atoms with E-state index in [2.05, 4.69) is 9.97 Å². The summed E-state index contributed by atoms with van der Waals surface area (Å²) in [5.41, 5.74) is 1.71. The number of nitrogens with zero attached hydrogens (tertiary/aromatic N) is 4. The molecule has 0 bridgehead atoms. The molecule has 184 valence electrons. The van der Waals surface area contributed by atoms with Gasteiger partial charge in [-0.05, 0) is 55.2 Å². The number of carbonyl (C=O) groups excluding carboxylic acids is 3. The zero-order chi connectivity index (χ0) is 25.1. The summed E-state index contributed by atoms with van der Waals surface area (Å²) in [5, 5.41) is 0.747. The third-order valence-electron chi connectivity index (χ3n) is 7.32. The average Bonchev–Trinajstić information content (AvgIpc) is 3.36. The van der Waals surface area contributed by atoms with Crippen LogP contribution in [0.2, 0.25) is 0 Å². The molecule has 0 atom stereocenters. The van der Waals surface area contributed by atoms with E-state index in [0.29, 0.717) is 42.9 Å². The molecule has 5 rings (SSSR count). The molecule has 1 aromatic carbocycles. The first-order chi connectivity index (χ1) is 17.5. The minimum atomic E-state index is -0.203. The zero-order valence-electron chi connectivity index (χ0n) is 20.2. The minimum absolute atomic E-state index is 0.0118. The number of thioether (sulfide) groups is 1. The second kappa shape index (κ2) is 10.2. The fourth-order valence-corrected chi connectivity index (χ4v) is 5.78. The molecule has 1 spiro atoms. The van der Waals surface area contributed by atoms with Gasteiger partial charge in [0.1, 0.15) is 10.7 Å². The van der Waals surface area contributed by atoms with Crippen LogP contribution in [-0.2, 0) is 0 Å². The third-order valence-corrected chi connectivity index (χ3v) is 8.03. The Bertz CT molecular complexity index is 1290. The minimum Gasteiger partial charge on any atom is -0.339 e. The summed E-state index contributed by atoms with van der Waals surface area (Å²) in [7, 11) is 0. The lowest BCUT2D eigenvalue weighted by molar-refractivity contribution is 0.0561. The lowest BCUT2D eigenvalue weighted by Crippen LogP contribution is -2.45. The van der Waals surface area contributed by atoms with Gasteiger partial charge in [0.15, 0.2) is 5.78 Å². The van der Waals surface area contributed by atoms with Gasteiger partial charge in [-0.15, -0.1) is 11.8 Å². The van der Waals surface area contributed by atoms with Crippen LogP contribution in [0.4, 0.5) is 0 Å². The number of pyridine rings is 2. The van der Waals surface area contributed by atoms with E-state index in [0.717, 1.165) is 24.3 Å². The number of aromatic nitrogens is 2. The van der Waals surface area contributed by atoms with Crippen molar-refractivity contribution in [2.45, 2.75) is 24.3 Å². The molecule has 0 N–H and O–H groups in total. The molecule has 0 unspecified atom stereocenters. The highest BCUT2D eigenvalue weighted by Gasteiger charge is 2.43. The van der Waals surface area contributed by atoms with Crippen LogP contribution in [0.25, 0.3) is 0 Å². The van der Waals surface area contributed by atoms with Gasteiger partial charge in [-0.3, -0.25) is 19.4 Å². The number of carbonyl (C=O) groups is 3. The number of hydrogen-bond donors (Lipinski definition) is 0. The van der Waals surface area contributed by atoms with Gasteiger partial charge in [0, 0.05) is 44.1 Å². The van der Waals surface area contributed by atoms with Gasteiger partial charge in [-0.1, -0.05) is 30.3 Å². The number of benzene rings is 1. The molecule has 2 amide bonds. The Hall–Kier alpha value is -3.52. The van der Waals surface area contributed by atoms with Crippen LogP contribution < -0.4 is 0 Å². The van der Waals surface area contributed by atoms with E-state index in [-0.39, 0.29) is 28.7 Å². The Morgan fingerprint density at radius 1 is 0.778 bits per heavy atom. The smallest absolute Gasteiger partial charge is 0.273 e. The highest BCUT2D eigenvalue weighted by Crippen LogP contribution is 2.41. The molecule has 0 aliphatic carbocycles. The molecule has 2 fully saturated rings. The number of rotatable bonds is 5. The number of likely N-dealkylation sites (tertiary alicyclic amines) is 2. The van der Waals surface area contributed by atoms with E-state index < -0.39 is 0 Å². The van der Waals surface area contributed by atoms with Crippen molar-refractivity contribution in [3.63, 3.8) is 0 Å². The second-order valence-corrected chi connectivity index (χ2v) is 10.2. The molecule has 2 aromatic heterocycles. The Kier molecular flexibility index (Phi) is 6.87. The molecule has 36 heavy (non-hydrogen) atoms. The average molecular weight is 501 g/mol. The van der Waals surface area contributed by atoms with Crippen molar-refractivity contribution in [1.82, 2.24) is 19.8 Å². The van der Waals surface area contributed by atoms with Gasteiger partial charge < -0.3 is 9.80 Å². The zero-order valence-corrected chi connectivity index (χ0v) is 21.0. The Morgan fingerprint density at radius 3 is 2.11 bits per heavy atom. The SMILES string of the molecule is CSc1ncccc1C(=O)N1CCC2(CC1)CCN(C(=O)c1ncccc1C(=O)c1ccccc1)C2. The van der Waals surface area contributed by atoms with Crippen LogP contribution in [0.3, 0.4) is 0 Å². The van der Waals surface area contributed by atoms with Crippen molar-refractivity contribution in [2.24, 2.45) is 5.41 Å². The molecule has 4 heterocycles. The van der Waals surface area contributed by atoms with E-state index in [9.17, 15) is 14.4 Å². The van der Waals surface area contributed by atoms with Gasteiger partial charge in [-0.25, -0.2) is 4.98 Å². The van der Waals surface area contributed by atoms with E-state index in [1.807, 2.05) is 40.3 Å². The van der Waals surface area contributed by atoms with E-state index in [1.165, 1.54) is 11.8 Å². The Labute approximate surface area is 214 Å². The highest BCUT2D eigenvalue weighted by molar-refractivity contribution is 7.98. The van der Waals surface area contributed by atoms with E-state index in [1.54, 1.807) is 42.7 Å².